The molecule has 3 aromatic rings. The molecule has 5 nitrogen and oxygen atoms in total. The number of benzene rings is 2. The van der Waals surface area contributed by atoms with Crippen LogP contribution in [0.1, 0.15) is 28.1 Å². The first-order valence-electron chi connectivity index (χ1n) is 11.0. The second-order valence-electron chi connectivity index (χ2n) is 8.00. The molecule has 1 amide bonds. The SMILES string of the molecule is N=C(/C=C\Nc1ccccc1)N(C(=O)c1ccc(Cl)s1)C1CCN(Cc2ccccc2)CC1. The summed E-state index contributed by atoms with van der Waals surface area (Å²) in [5, 5.41) is 11.9. The Balaban J connectivity index is 1.44. The molecule has 7 heteroatoms. The summed E-state index contributed by atoms with van der Waals surface area (Å²) in [6.07, 6.45) is 5.00. The van der Waals surface area contributed by atoms with Gasteiger partial charge in [0.25, 0.3) is 5.91 Å². The number of hydrogen-bond donors (Lipinski definition) is 2. The monoisotopic (exact) mass is 478 g/mol. The lowest BCUT2D eigenvalue weighted by atomic mass is 10.0. The smallest absolute Gasteiger partial charge is 0.269 e. The second kappa shape index (κ2) is 11.3. The van der Waals surface area contributed by atoms with Gasteiger partial charge in [0.15, 0.2) is 0 Å². The van der Waals surface area contributed by atoms with Gasteiger partial charge in [-0.3, -0.25) is 20.0 Å². The second-order valence-corrected chi connectivity index (χ2v) is 9.72. The number of carbonyl (C=O) groups is 1. The van der Waals surface area contributed by atoms with Crippen LogP contribution in [-0.2, 0) is 6.54 Å². The van der Waals surface area contributed by atoms with Gasteiger partial charge in [0, 0.05) is 37.6 Å². The summed E-state index contributed by atoms with van der Waals surface area (Å²) in [7, 11) is 0. The molecule has 170 valence electrons. The number of halogens is 1. The molecule has 0 atom stereocenters. The van der Waals surface area contributed by atoms with Crippen molar-refractivity contribution in [1.82, 2.24) is 9.80 Å². The fourth-order valence-corrected chi connectivity index (χ4v) is 5.01. The average molecular weight is 479 g/mol. The zero-order valence-electron chi connectivity index (χ0n) is 18.3. The summed E-state index contributed by atoms with van der Waals surface area (Å²) in [5.74, 6) is 0.0113. The lowest BCUT2D eigenvalue weighted by Gasteiger charge is -2.38. The largest absolute Gasteiger partial charge is 0.362 e. The summed E-state index contributed by atoms with van der Waals surface area (Å²) in [6.45, 7) is 2.67. The Kier molecular flexibility index (Phi) is 7.94. The highest BCUT2D eigenvalue weighted by Crippen LogP contribution is 2.26. The number of amidine groups is 1. The molecular weight excluding hydrogens is 452 g/mol. The van der Waals surface area contributed by atoms with E-state index >= 15 is 0 Å². The van der Waals surface area contributed by atoms with Gasteiger partial charge in [0.05, 0.1) is 9.21 Å². The van der Waals surface area contributed by atoms with Gasteiger partial charge in [-0.05, 0) is 48.7 Å². The van der Waals surface area contributed by atoms with Crippen LogP contribution in [0.25, 0.3) is 0 Å². The molecule has 1 aliphatic heterocycles. The number of anilines is 1. The molecule has 1 aliphatic rings. The minimum Gasteiger partial charge on any atom is -0.362 e. The van der Waals surface area contributed by atoms with E-state index in [0.717, 1.165) is 38.2 Å². The lowest BCUT2D eigenvalue weighted by molar-refractivity contribution is 0.0734. The molecule has 2 heterocycles. The predicted octanol–water partition coefficient (Wildman–Crippen LogP) is 6.11. The fourth-order valence-electron chi connectivity index (χ4n) is 4.03. The van der Waals surface area contributed by atoms with Gasteiger partial charge in [-0.15, -0.1) is 11.3 Å². The van der Waals surface area contributed by atoms with Gasteiger partial charge < -0.3 is 5.32 Å². The van der Waals surface area contributed by atoms with Gasteiger partial charge in [0.2, 0.25) is 0 Å². The van der Waals surface area contributed by atoms with Crippen molar-refractivity contribution in [2.45, 2.75) is 25.4 Å². The van der Waals surface area contributed by atoms with E-state index in [1.807, 2.05) is 36.4 Å². The molecule has 33 heavy (non-hydrogen) atoms. The summed E-state index contributed by atoms with van der Waals surface area (Å²) in [4.78, 5) is 18.0. The molecule has 0 saturated carbocycles. The maximum absolute atomic E-state index is 13.4. The van der Waals surface area contributed by atoms with Crippen molar-refractivity contribution in [2.75, 3.05) is 18.4 Å². The summed E-state index contributed by atoms with van der Waals surface area (Å²) < 4.78 is 0.573. The first-order chi connectivity index (χ1) is 16.1. The highest BCUT2D eigenvalue weighted by atomic mass is 35.5. The molecule has 4 rings (SSSR count). The van der Waals surface area contributed by atoms with Gasteiger partial charge >= 0.3 is 0 Å². The molecule has 0 aliphatic carbocycles. The molecule has 0 unspecified atom stereocenters. The molecule has 1 fully saturated rings. The Morgan fingerprint density at radius 3 is 2.36 bits per heavy atom. The first-order valence-corrected chi connectivity index (χ1v) is 12.2. The Labute approximate surface area is 203 Å². The van der Waals surface area contributed by atoms with Gasteiger partial charge in [0.1, 0.15) is 5.84 Å². The Morgan fingerprint density at radius 1 is 1.06 bits per heavy atom. The Morgan fingerprint density at radius 2 is 1.73 bits per heavy atom. The first kappa shape index (κ1) is 23.2. The zero-order chi connectivity index (χ0) is 23.0. The van der Waals surface area contributed by atoms with Gasteiger partial charge in [-0.2, -0.15) is 0 Å². The maximum Gasteiger partial charge on any atom is 0.269 e. The van der Waals surface area contributed by atoms with Gasteiger partial charge in [-0.1, -0.05) is 60.1 Å². The summed E-state index contributed by atoms with van der Waals surface area (Å²) in [6, 6.07) is 23.6. The van der Waals surface area contributed by atoms with Crippen LogP contribution in [0.2, 0.25) is 4.34 Å². The topological polar surface area (TPSA) is 59.4 Å². The predicted molar refractivity (Wildman–Crippen MR) is 137 cm³/mol. The number of hydrogen-bond acceptors (Lipinski definition) is 5. The van der Waals surface area contributed by atoms with E-state index in [2.05, 4.69) is 34.5 Å². The van der Waals surface area contributed by atoms with E-state index in [1.54, 1.807) is 29.3 Å². The summed E-state index contributed by atoms with van der Waals surface area (Å²) in [5.41, 5.74) is 2.22. The van der Waals surface area contributed by atoms with E-state index in [9.17, 15) is 4.79 Å². The van der Waals surface area contributed by atoms with Crippen molar-refractivity contribution in [3.8, 4) is 0 Å². The number of amides is 1. The van der Waals surface area contributed by atoms with E-state index in [0.29, 0.717) is 9.21 Å². The molecule has 0 bridgehead atoms. The van der Waals surface area contributed by atoms with E-state index < -0.39 is 0 Å². The van der Waals surface area contributed by atoms with Crippen LogP contribution < -0.4 is 5.32 Å². The number of rotatable bonds is 7. The minimum atomic E-state index is -0.164. The van der Waals surface area contributed by atoms with E-state index in [4.69, 9.17) is 17.0 Å². The van der Waals surface area contributed by atoms with Crippen molar-refractivity contribution in [3.05, 3.63) is 99.8 Å². The van der Waals surface area contributed by atoms with Crippen molar-refractivity contribution in [3.63, 3.8) is 0 Å². The van der Waals surface area contributed by atoms with Crippen LogP contribution in [0.5, 0.6) is 0 Å². The number of nitrogens with one attached hydrogen (secondary N) is 2. The zero-order valence-corrected chi connectivity index (χ0v) is 19.9. The summed E-state index contributed by atoms with van der Waals surface area (Å²) >= 11 is 7.34. The van der Waals surface area contributed by atoms with Crippen LogP contribution in [0.3, 0.4) is 0 Å². The third-order valence-electron chi connectivity index (χ3n) is 5.70. The van der Waals surface area contributed by atoms with Gasteiger partial charge in [-0.25, -0.2) is 0 Å². The van der Waals surface area contributed by atoms with Crippen molar-refractivity contribution >= 4 is 40.4 Å². The van der Waals surface area contributed by atoms with Crippen LogP contribution in [0, 0.1) is 5.41 Å². The molecular formula is C26H27ClN4OS. The van der Waals surface area contributed by atoms with Crippen LogP contribution >= 0.6 is 22.9 Å². The van der Waals surface area contributed by atoms with Crippen LogP contribution in [-0.4, -0.2) is 40.7 Å². The molecule has 1 saturated heterocycles. The standard InChI is InChI=1S/C26H27ClN4OS/c27-24-12-11-23(33-24)26(32)31(25(28)13-16-29-21-9-5-2-6-10-21)22-14-17-30(18-15-22)19-20-7-3-1-4-8-20/h1-13,16,22,28-29H,14-15,17-19H2/b16-13-,28-25?. The highest BCUT2D eigenvalue weighted by molar-refractivity contribution is 7.18. The normalized spacial score (nSPS) is 14.9. The third kappa shape index (κ3) is 6.32. The third-order valence-corrected chi connectivity index (χ3v) is 6.92. The van der Waals surface area contributed by atoms with Crippen molar-refractivity contribution in [2.24, 2.45) is 0 Å². The quantitative estimate of drug-likeness (QED) is 0.318. The molecule has 0 spiro atoms. The Bertz CT molecular complexity index is 1090. The maximum atomic E-state index is 13.4. The van der Waals surface area contributed by atoms with E-state index in [1.165, 1.54) is 16.9 Å². The molecule has 2 N–H and O–H groups in total. The number of para-hydroxylation sites is 1. The number of nitrogens with zero attached hydrogens (tertiary/aromatic N) is 2. The number of likely N-dealkylation sites (tertiary alicyclic amines) is 1. The minimum absolute atomic E-state index is 0.0284. The fraction of sp³-hybridized carbons (Fsp3) is 0.231. The molecule has 2 aromatic carbocycles. The molecule has 1 aromatic heterocycles. The molecule has 0 radical (unpaired) electrons. The number of thiophene rings is 1. The lowest BCUT2D eigenvalue weighted by Crippen LogP contribution is -2.49. The number of piperidine rings is 1. The highest BCUT2D eigenvalue weighted by Gasteiger charge is 2.31. The van der Waals surface area contributed by atoms with Crippen molar-refractivity contribution in [1.29, 1.82) is 5.41 Å². The van der Waals surface area contributed by atoms with E-state index in [-0.39, 0.29) is 17.8 Å². The van der Waals surface area contributed by atoms with Crippen molar-refractivity contribution < 1.29 is 4.79 Å². The average Bonchev–Trinajstić information content (AvgIpc) is 3.28. The Hall–Kier alpha value is -2.93. The number of carbonyl (C=O) groups excluding carboxylic acids is 1. The van der Waals surface area contributed by atoms with Crippen LogP contribution in [0.15, 0.2) is 85.1 Å². The van der Waals surface area contributed by atoms with Crippen LogP contribution in [0.4, 0.5) is 5.69 Å².